The molecule has 0 aromatic heterocycles. The van der Waals surface area contributed by atoms with E-state index in [9.17, 15) is 9.00 Å². The lowest BCUT2D eigenvalue weighted by Crippen LogP contribution is -2.21. The Morgan fingerprint density at radius 3 is 2.28 bits per heavy atom. The molecule has 29 heavy (non-hydrogen) atoms. The Hall–Kier alpha value is -2.18. The zero-order valence-electron chi connectivity index (χ0n) is 17.1. The summed E-state index contributed by atoms with van der Waals surface area (Å²) in [6.45, 7) is 4.22. The van der Waals surface area contributed by atoms with Crippen molar-refractivity contribution in [3.8, 4) is 0 Å². The smallest absolute Gasteiger partial charge is 0.257 e. The first kappa shape index (κ1) is 20.1. The van der Waals surface area contributed by atoms with Crippen LogP contribution in [0.15, 0.2) is 29.2 Å². The van der Waals surface area contributed by atoms with Gasteiger partial charge in [-0.05, 0) is 90.8 Å². The van der Waals surface area contributed by atoms with Gasteiger partial charge in [-0.3, -0.25) is 4.79 Å². The molecule has 4 N–H and O–H groups in total. The number of amides is 1. The number of fused-ring (bicyclic) bond motifs is 2. The highest BCUT2D eigenvalue weighted by molar-refractivity contribution is 7.90. The molecule has 0 spiro atoms. The quantitative estimate of drug-likeness (QED) is 0.680. The van der Waals surface area contributed by atoms with Crippen LogP contribution in [0.5, 0.6) is 0 Å². The van der Waals surface area contributed by atoms with Gasteiger partial charge in [0.15, 0.2) is 0 Å². The topological polar surface area (TPSA) is 96.0 Å². The fourth-order valence-corrected chi connectivity index (χ4v) is 5.51. The summed E-state index contributed by atoms with van der Waals surface area (Å²) in [4.78, 5) is 13.4. The van der Waals surface area contributed by atoms with E-state index in [-0.39, 0.29) is 16.4 Å². The summed E-state index contributed by atoms with van der Waals surface area (Å²) in [7, 11) is -3.50. The third-order valence-electron chi connectivity index (χ3n) is 5.97. The largest absolute Gasteiger partial charge is 0.321 e. The molecule has 154 valence electrons. The minimum atomic E-state index is -3.50. The molecule has 1 unspecified atom stereocenters. The molecule has 0 aliphatic heterocycles. The van der Waals surface area contributed by atoms with Crippen LogP contribution >= 0.6 is 0 Å². The van der Waals surface area contributed by atoms with E-state index in [1.807, 2.05) is 6.07 Å². The van der Waals surface area contributed by atoms with Crippen LogP contribution in [0.2, 0.25) is 0 Å². The van der Waals surface area contributed by atoms with Gasteiger partial charge in [-0.2, -0.15) is 0 Å². The summed E-state index contributed by atoms with van der Waals surface area (Å²) in [6, 6.07) is 7.49. The van der Waals surface area contributed by atoms with Gasteiger partial charge in [-0.15, -0.1) is 0 Å². The molecule has 1 amide bonds. The Morgan fingerprint density at radius 2 is 1.72 bits per heavy atom. The van der Waals surface area contributed by atoms with Gasteiger partial charge >= 0.3 is 0 Å². The van der Waals surface area contributed by atoms with E-state index in [2.05, 4.69) is 25.2 Å². The maximum atomic E-state index is 13.3. The molecule has 2 aliphatic carbocycles. The van der Waals surface area contributed by atoms with Crippen LogP contribution in [0.4, 0.5) is 5.69 Å². The minimum absolute atomic E-state index is 0.103. The second-order valence-corrected chi connectivity index (χ2v) is 10.4. The second kappa shape index (κ2) is 7.58. The Kier molecular flexibility index (Phi) is 5.25. The van der Waals surface area contributed by atoms with Crippen LogP contribution in [0, 0.1) is 10.7 Å². The van der Waals surface area contributed by atoms with Crippen molar-refractivity contribution in [2.45, 2.75) is 63.7 Å². The Labute approximate surface area is 173 Å². The lowest BCUT2D eigenvalue weighted by molar-refractivity contribution is 0.102. The number of benzene rings is 2. The van der Waals surface area contributed by atoms with E-state index in [0.29, 0.717) is 5.92 Å². The molecular formula is C23H29N3O2S. The van der Waals surface area contributed by atoms with Crippen molar-refractivity contribution in [3.05, 3.63) is 57.6 Å². The molecule has 6 heteroatoms. The maximum Gasteiger partial charge on any atom is 0.257 e. The van der Waals surface area contributed by atoms with Gasteiger partial charge in [0.1, 0.15) is 9.92 Å². The molecule has 4 rings (SSSR count). The zero-order chi connectivity index (χ0) is 20.8. The molecule has 0 saturated heterocycles. The van der Waals surface area contributed by atoms with E-state index in [0.717, 1.165) is 56.2 Å². The highest BCUT2D eigenvalue weighted by Crippen LogP contribution is 2.39. The number of carbonyl (C=O) groups is 1. The Morgan fingerprint density at radius 1 is 1.10 bits per heavy atom. The molecule has 5 nitrogen and oxygen atoms in total. The first-order valence-electron chi connectivity index (χ1n) is 10.4. The molecular weight excluding hydrogens is 382 g/mol. The van der Waals surface area contributed by atoms with E-state index < -0.39 is 9.92 Å². The number of aryl methyl sites for hydroxylation is 2. The molecule has 1 atom stereocenters. The first-order valence-corrected chi connectivity index (χ1v) is 12.0. The summed E-state index contributed by atoms with van der Waals surface area (Å²) in [5, 5.41) is 8.78. The van der Waals surface area contributed by atoms with Gasteiger partial charge in [-0.25, -0.2) is 14.1 Å². The van der Waals surface area contributed by atoms with Crippen LogP contribution in [-0.4, -0.2) is 10.1 Å². The number of anilines is 1. The minimum Gasteiger partial charge on any atom is -0.321 e. The van der Waals surface area contributed by atoms with Gasteiger partial charge in [-0.1, -0.05) is 26.0 Å². The molecule has 2 aliphatic rings. The van der Waals surface area contributed by atoms with E-state index in [4.69, 9.17) is 9.92 Å². The van der Waals surface area contributed by atoms with Crippen LogP contribution < -0.4 is 10.5 Å². The number of rotatable bonds is 5. The van der Waals surface area contributed by atoms with Gasteiger partial charge in [0.2, 0.25) is 0 Å². The number of hydrogen-bond acceptors (Lipinski definition) is 3. The molecule has 0 saturated carbocycles. The van der Waals surface area contributed by atoms with Crippen molar-refractivity contribution in [3.63, 3.8) is 0 Å². The number of nitrogens with two attached hydrogens (primary N) is 1. The molecule has 0 bridgehead atoms. The lowest BCUT2D eigenvalue weighted by atomic mass is 9.98. The fourth-order valence-electron chi connectivity index (χ4n) is 4.77. The summed E-state index contributed by atoms with van der Waals surface area (Å²) in [5.74, 6) is 0.112. The van der Waals surface area contributed by atoms with E-state index in [1.165, 1.54) is 22.3 Å². The van der Waals surface area contributed by atoms with Crippen molar-refractivity contribution in [2.24, 2.45) is 11.1 Å². The van der Waals surface area contributed by atoms with Gasteiger partial charge in [0.05, 0.1) is 10.5 Å². The lowest BCUT2D eigenvalue weighted by Gasteiger charge is -2.18. The van der Waals surface area contributed by atoms with Gasteiger partial charge in [0.25, 0.3) is 5.91 Å². The fraction of sp³-hybridized carbons (Fsp3) is 0.435. The summed E-state index contributed by atoms with van der Waals surface area (Å²) in [5.41, 5.74) is 7.38. The number of nitrogens with one attached hydrogen (secondary N) is 2. The normalized spacial score (nSPS) is 17.1. The average molecular weight is 412 g/mol. The van der Waals surface area contributed by atoms with Crippen LogP contribution in [-0.2, 0) is 42.0 Å². The van der Waals surface area contributed by atoms with E-state index >= 15 is 0 Å². The molecule has 2 aromatic carbocycles. The van der Waals surface area contributed by atoms with Crippen molar-refractivity contribution in [1.82, 2.24) is 0 Å². The standard InChI is InChI=1S/C23H29N3O2S/c1-14(2)11-15-9-10-21(29(24,25)28)20(12-15)23(27)26-22-18-7-3-5-16(18)13-17-6-4-8-19(17)22/h9-10,12-14H,3-8,11H2,1-2H3,(H,26,27)(H3,24,25,28). The average Bonchev–Trinajstić information content (AvgIpc) is 3.28. The number of hydrogen-bond donors (Lipinski definition) is 3. The van der Waals surface area contributed by atoms with Gasteiger partial charge in [0, 0.05) is 5.69 Å². The predicted molar refractivity (Wildman–Crippen MR) is 117 cm³/mol. The summed E-state index contributed by atoms with van der Waals surface area (Å²) < 4.78 is 20.2. The third kappa shape index (κ3) is 3.96. The summed E-state index contributed by atoms with van der Waals surface area (Å²) in [6.07, 6.45) is 7.10. The molecule has 0 fully saturated rings. The van der Waals surface area contributed by atoms with Crippen molar-refractivity contribution in [1.29, 1.82) is 4.78 Å². The molecule has 0 heterocycles. The predicted octanol–water partition coefficient (Wildman–Crippen LogP) is 4.39. The molecule has 0 radical (unpaired) electrons. The van der Waals surface area contributed by atoms with E-state index in [1.54, 1.807) is 12.1 Å². The first-order chi connectivity index (χ1) is 13.7. The number of carbonyl (C=O) groups excluding carboxylic acids is 1. The Balaban J connectivity index is 1.76. The maximum absolute atomic E-state index is 13.3. The van der Waals surface area contributed by atoms with Crippen molar-refractivity contribution >= 4 is 21.5 Å². The van der Waals surface area contributed by atoms with Crippen molar-refractivity contribution in [2.75, 3.05) is 5.32 Å². The highest BCUT2D eigenvalue weighted by Gasteiger charge is 2.26. The van der Waals surface area contributed by atoms with Gasteiger partial charge < -0.3 is 5.32 Å². The van der Waals surface area contributed by atoms with Crippen molar-refractivity contribution < 1.29 is 9.00 Å². The highest BCUT2D eigenvalue weighted by atomic mass is 32.2. The third-order valence-corrected chi connectivity index (χ3v) is 6.98. The van der Waals surface area contributed by atoms with Crippen LogP contribution in [0.25, 0.3) is 0 Å². The summed E-state index contributed by atoms with van der Waals surface area (Å²) >= 11 is 0. The SMILES string of the molecule is CC(C)Cc1ccc(S(=N)(N)=O)c(C(=O)Nc2c3c(cc4c2CCC4)CCC3)c1. The van der Waals surface area contributed by atoms with Crippen LogP contribution in [0.1, 0.15) is 64.9 Å². The molecule has 2 aromatic rings. The zero-order valence-corrected chi connectivity index (χ0v) is 18.0. The second-order valence-electron chi connectivity index (χ2n) is 8.72. The monoisotopic (exact) mass is 411 g/mol. The van der Waals surface area contributed by atoms with Crippen LogP contribution in [0.3, 0.4) is 0 Å². The Bertz CT molecular complexity index is 1060.